The van der Waals surface area contributed by atoms with Crippen LogP contribution < -0.4 is 5.32 Å². The summed E-state index contributed by atoms with van der Waals surface area (Å²) in [5.74, 6) is 0. The summed E-state index contributed by atoms with van der Waals surface area (Å²) in [7, 11) is 2.24. The van der Waals surface area contributed by atoms with Crippen molar-refractivity contribution >= 4 is 0 Å². The van der Waals surface area contributed by atoms with Gasteiger partial charge in [0.1, 0.15) is 0 Å². The molecule has 0 aliphatic carbocycles. The Kier molecular flexibility index (Phi) is 5.73. The van der Waals surface area contributed by atoms with E-state index in [4.69, 9.17) is 4.74 Å². The Labute approximate surface area is 101 Å². The zero-order valence-corrected chi connectivity index (χ0v) is 11.4. The Morgan fingerprint density at radius 1 is 1.44 bits per heavy atom. The van der Waals surface area contributed by atoms with Crippen LogP contribution in [0.15, 0.2) is 0 Å². The highest BCUT2D eigenvalue weighted by molar-refractivity contribution is 4.88. The standard InChI is InChI=1S/C13H28N2O/c1-5-12(3)15(4)10-13(9-14-6-2)7-8-16-11-13/h12,14H,5-11H2,1-4H3. The van der Waals surface area contributed by atoms with Gasteiger partial charge in [-0.25, -0.2) is 0 Å². The lowest BCUT2D eigenvalue weighted by molar-refractivity contribution is 0.103. The fourth-order valence-electron chi connectivity index (χ4n) is 2.36. The number of hydrogen-bond donors (Lipinski definition) is 1. The lowest BCUT2D eigenvalue weighted by Gasteiger charge is -2.35. The normalized spacial score (nSPS) is 27.6. The van der Waals surface area contributed by atoms with Crippen molar-refractivity contribution in [2.75, 3.05) is 39.9 Å². The summed E-state index contributed by atoms with van der Waals surface area (Å²) in [6, 6.07) is 0.666. The van der Waals surface area contributed by atoms with E-state index in [0.717, 1.165) is 32.8 Å². The summed E-state index contributed by atoms with van der Waals surface area (Å²) in [5.41, 5.74) is 0.341. The van der Waals surface area contributed by atoms with Crippen molar-refractivity contribution < 1.29 is 4.74 Å². The van der Waals surface area contributed by atoms with E-state index in [2.05, 4.69) is 38.0 Å². The van der Waals surface area contributed by atoms with Gasteiger partial charge in [0.2, 0.25) is 0 Å². The lowest BCUT2D eigenvalue weighted by Crippen LogP contribution is -2.45. The predicted molar refractivity (Wildman–Crippen MR) is 68.8 cm³/mol. The maximum Gasteiger partial charge on any atom is 0.0547 e. The minimum absolute atomic E-state index is 0.341. The fourth-order valence-corrected chi connectivity index (χ4v) is 2.36. The maximum atomic E-state index is 5.61. The van der Waals surface area contributed by atoms with Crippen LogP contribution in [0.1, 0.15) is 33.6 Å². The van der Waals surface area contributed by atoms with Crippen LogP contribution in [-0.2, 0) is 4.74 Å². The molecule has 0 bridgehead atoms. The number of ether oxygens (including phenoxy) is 1. The number of nitrogens with one attached hydrogen (secondary N) is 1. The van der Waals surface area contributed by atoms with Gasteiger partial charge >= 0.3 is 0 Å². The SMILES string of the molecule is CCNCC1(CN(C)C(C)CC)CCOC1. The molecule has 0 aromatic heterocycles. The second-order valence-corrected chi connectivity index (χ2v) is 5.26. The van der Waals surface area contributed by atoms with E-state index in [1.54, 1.807) is 0 Å². The van der Waals surface area contributed by atoms with Crippen molar-refractivity contribution in [3.8, 4) is 0 Å². The Morgan fingerprint density at radius 3 is 2.69 bits per heavy atom. The molecular formula is C13H28N2O. The smallest absolute Gasteiger partial charge is 0.0547 e. The summed E-state index contributed by atoms with van der Waals surface area (Å²) in [4.78, 5) is 2.48. The molecule has 2 atom stereocenters. The van der Waals surface area contributed by atoms with Gasteiger partial charge in [-0.3, -0.25) is 0 Å². The van der Waals surface area contributed by atoms with Gasteiger partial charge in [-0.05, 0) is 33.4 Å². The summed E-state index contributed by atoms with van der Waals surface area (Å²) in [5, 5.41) is 3.49. The third-order valence-corrected chi connectivity index (χ3v) is 3.86. The van der Waals surface area contributed by atoms with Gasteiger partial charge in [0, 0.05) is 31.2 Å². The van der Waals surface area contributed by atoms with Crippen LogP contribution in [0.5, 0.6) is 0 Å². The molecule has 1 heterocycles. The Balaban J connectivity index is 2.49. The van der Waals surface area contributed by atoms with E-state index in [1.165, 1.54) is 12.8 Å². The van der Waals surface area contributed by atoms with Gasteiger partial charge in [0.05, 0.1) is 6.61 Å². The third kappa shape index (κ3) is 3.72. The zero-order chi connectivity index (χ0) is 12.0. The molecule has 2 unspecified atom stereocenters. The molecule has 1 rings (SSSR count). The molecular weight excluding hydrogens is 200 g/mol. The Bertz CT molecular complexity index is 190. The first-order chi connectivity index (χ1) is 7.63. The third-order valence-electron chi connectivity index (χ3n) is 3.86. The largest absolute Gasteiger partial charge is 0.381 e. The monoisotopic (exact) mass is 228 g/mol. The van der Waals surface area contributed by atoms with Gasteiger partial charge in [-0.15, -0.1) is 0 Å². The van der Waals surface area contributed by atoms with Crippen molar-refractivity contribution in [3.05, 3.63) is 0 Å². The summed E-state index contributed by atoms with van der Waals surface area (Å²) in [6.45, 7) is 11.9. The van der Waals surface area contributed by atoms with Crippen molar-refractivity contribution in [1.82, 2.24) is 10.2 Å². The van der Waals surface area contributed by atoms with E-state index in [0.29, 0.717) is 11.5 Å². The molecule has 1 aliphatic rings. The highest BCUT2D eigenvalue weighted by Gasteiger charge is 2.36. The molecule has 1 aliphatic heterocycles. The van der Waals surface area contributed by atoms with Crippen molar-refractivity contribution in [2.45, 2.75) is 39.7 Å². The van der Waals surface area contributed by atoms with Crippen LogP contribution in [-0.4, -0.2) is 50.8 Å². The average Bonchev–Trinajstić information content (AvgIpc) is 2.74. The van der Waals surface area contributed by atoms with Crippen LogP contribution in [0.3, 0.4) is 0 Å². The predicted octanol–water partition coefficient (Wildman–Crippen LogP) is 1.73. The maximum absolute atomic E-state index is 5.61. The Morgan fingerprint density at radius 2 is 2.19 bits per heavy atom. The van der Waals surface area contributed by atoms with Gasteiger partial charge in [0.15, 0.2) is 0 Å². The summed E-state index contributed by atoms with van der Waals surface area (Å²) >= 11 is 0. The molecule has 0 aromatic rings. The minimum Gasteiger partial charge on any atom is -0.381 e. The molecule has 1 N–H and O–H groups in total. The molecule has 0 saturated carbocycles. The number of hydrogen-bond acceptors (Lipinski definition) is 3. The van der Waals surface area contributed by atoms with Crippen molar-refractivity contribution in [1.29, 1.82) is 0 Å². The van der Waals surface area contributed by atoms with E-state index in [9.17, 15) is 0 Å². The first-order valence-corrected chi connectivity index (χ1v) is 6.62. The zero-order valence-electron chi connectivity index (χ0n) is 11.4. The highest BCUT2D eigenvalue weighted by atomic mass is 16.5. The van der Waals surface area contributed by atoms with Crippen LogP contribution in [0, 0.1) is 5.41 Å². The van der Waals surface area contributed by atoms with Gasteiger partial charge in [-0.2, -0.15) is 0 Å². The van der Waals surface area contributed by atoms with E-state index >= 15 is 0 Å². The van der Waals surface area contributed by atoms with Gasteiger partial charge in [-0.1, -0.05) is 13.8 Å². The summed E-state index contributed by atoms with van der Waals surface area (Å²) in [6.07, 6.45) is 2.41. The van der Waals surface area contributed by atoms with E-state index in [-0.39, 0.29) is 0 Å². The average molecular weight is 228 g/mol. The second kappa shape index (κ2) is 6.58. The van der Waals surface area contributed by atoms with Crippen LogP contribution in [0.4, 0.5) is 0 Å². The Hall–Kier alpha value is -0.120. The molecule has 1 fully saturated rings. The number of rotatable bonds is 7. The van der Waals surface area contributed by atoms with E-state index < -0.39 is 0 Å². The first kappa shape index (κ1) is 13.9. The molecule has 0 aromatic carbocycles. The quantitative estimate of drug-likeness (QED) is 0.718. The van der Waals surface area contributed by atoms with Crippen LogP contribution in [0.25, 0.3) is 0 Å². The molecule has 3 heteroatoms. The van der Waals surface area contributed by atoms with Crippen molar-refractivity contribution in [3.63, 3.8) is 0 Å². The molecule has 1 saturated heterocycles. The summed E-state index contributed by atoms with van der Waals surface area (Å²) < 4.78 is 5.61. The molecule has 0 amide bonds. The van der Waals surface area contributed by atoms with Crippen LogP contribution in [0.2, 0.25) is 0 Å². The molecule has 16 heavy (non-hydrogen) atoms. The van der Waals surface area contributed by atoms with Gasteiger partial charge in [0.25, 0.3) is 0 Å². The fraction of sp³-hybridized carbons (Fsp3) is 1.00. The topological polar surface area (TPSA) is 24.5 Å². The highest BCUT2D eigenvalue weighted by Crippen LogP contribution is 2.29. The van der Waals surface area contributed by atoms with Crippen LogP contribution >= 0.6 is 0 Å². The van der Waals surface area contributed by atoms with E-state index in [1.807, 2.05) is 0 Å². The second-order valence-electron chi connectivity index (χ2n) is 5.26. The molecule has 96 valence electrons. The minimum atomic E-state index is 0.341. The first-order valence-electron chi connectivity index (χ1n) is 6.62. The van der Waals surface area contributed by atoms with Crippen molar-refractivity contribution in [2.24, 2.45) is 5.41 Å². The lowest BCUT2D eigenvalue weighted by atomic mass is 9.86. The molecule has 0 spiro atoms. The molecule has 0 radical (unpaired) electrons. The number of nitrogens with zero attached hydrogens (tertiary/aromatic N) is 1. The molecule has 3 nitrogen and oxygen atoms in total. The van der Waals surface area contributed by atoms with Gasteiger partial charge < -0.3 is 15.0 Å².